The number of hydrogen-bond donors (Lipinski definition) is 2. The number of carboxylic acid groups (broad SMARTS) is 2. The predicted octanol–water partition coefficient (Wildman–Crippen LogP) is 3.57. The maximum absolute atomic E-state index is 10.7. The quantitative estimate of drug-likeness (QED) is 0.714. The molecule has 0 fully saturated rings. The fraction of sp³-hybridized carbons (Fsp3) is 0.714. The number of carbonyl (C=O) groups is 2. The van der Waals surface area contributed by atoms with Crippen molar-refractivity contribution >= 4 is 11.9 Å². The zero-order chi connectivity index (χ0) is 14.8. The third-order valence-corrected chi connectivity index (χ3v) is 2.41. The van der Waals surface area contributed by atoms with Crippen LogP contribution in [0.5, 0.6) is 0 Å². The molecule has 0 amide bonds. The summed E-state index contributed by atoms with van der Waals surface area (Å²) in [5.41, 5.74) is -0.585. The van der Waals surface area contributed by atoms with Crippen LogP contribution in [0.25, 0.3) is 0 Å². The van der Waals surface area contributed by atoms with Crippen LogP contribution < -0.4 is 0 Å². The van der Waals surface area contributed by atoms with Gasteiger partial charge in [-0.1, -0.05) is 32.9 Å². The first-order valence-electron chi connectivity index (χ1n) is 6.26. The lowest BCUT2D eigenvalue weighted by molar-refractivity contribution is -0.147. The van der Waals surface area contributed by atoms with E-state index in [0.29, 0.717) is 6.42 Å². The molecule has 106 valence electrons. The molecule has 0 aliphatic carbocycles. The second-order valence-electron chi connectivity index (χ2n) is 5.10. The van der Waals surface area contributed by atoms with Crippen LogP contribution in [-0.4, -0.2) is 22.2 Å². The highest BCUT2D eigenvalue weighted by Crippen LogP contribution is 2.22. The van der Waals surface area contributed by atoms with Gasteiger partial charge in [-0.25, -0.2) is 0 Å². The highest BCUT2D eigenvalue weighted by atomic mass is 16.4. The third-order valence-electron chi connectivity index (χ3n) is 2.41. The highest BCUT2D eigenvalue weighted by molar-refractivity contribution is 5.73. The molecule has 0 aromatic rings. The van der Waals surface area contributed by atoms with E-state index in [1.165, 1.54) is 0 Å². The van der Waals surface area contributed by atoms with Gasteiger partial charge in [-0.2, -0.15) is 0 Å². The van der Waals surface area contributed by atoms with Gasteiger partial charge in [0.05, 0.1) is 11.3 Å². The molecule has 0 bridgehead atoms. The van der Waals surface area contributed by atoms with Crippen LogP contribution in [0.4, 0.5) is 0 Å². The zero-order valence-corrected chi connectivity index (χ0v) is 12.1. The Morgan fingerprint density at radius 3 is 1.89 bits per heavy atom. The van der Waals surface area contributed by atoms with Gasteiger partial charge in [0.15, 0.2) is 0 Å². The van der Waals surface area contributed by atoms with Gasteiger partial charge >= 0.3 is 11.9 Å². The standard InChI is InChI=1S/C10H18O2.C4H8O2/c1-4-5-6-7-8-10(2,3)9(11)12;1-3(2)4(5)6/h5-6H,4,7-8H2,1-3H3,(H,11,12);3H,1-2H3,(H,5,6)/b6-5-;. The predicted molar refractivity (Wildman–Crippen MR) is 72.6 cm³/mol. The van der Waals surface area contributed by atoms with Gasteiger partial charge in [0.1, 0.15) is 0 Å². The van der Waals surface area contributed by atoms with Crippen LogP contribution in [0, 0.1) is 11.3 Å². The van der Waals surface area contributed by atoms with Crippen molar-refractivity contribution in [3.05, 3.63) is 12.2 Å². The Morgan fingerprint density at radius 1 is 1.17 bits per heavy atom. The van der Waals surface area contributed by atoms with Crippen molar-refractivity contribution in [2.45, 2.75) is 53.9 Å². The summed E-state index contributed by atoms with van der Waals surface area (Å²) >= 11 is 0. The Kier molecular flexibility index (Phi) is 10.2. The Bertz CT molecular complexity index is 278. The van der Waals surface area contributed by atoms with Crippen LogP contribution in [-0.2, 0) is 9.59 Å². The van der Waals surface area contributed by atoms with E-state index < -0.39 is 17.4 Å². The van der Waals surface area contributed by atoms with Crippen molar-refractivity contribution in [1.29, 1.82) is 0 Å². The van der Waals surface area contributed by atoms with Crippen molar-refractivity contribution < 1.29 is 19.8 Å². The fourth-order valence-electron chi connectivity index (χ4n) is 0.836. The summed E-state index contributed by atoms with van der Waals surface area (Å²) in [6, 6.07) is 0. The summed E-state index contributed by atoms with van der Waals surface area (Å²) in [6.45, 7) is 8.87. The molecule has 0 aromatic heterocycles. The van der Waals surface area contributed by atoms with E-state index in [0.717, 1.165) is 12.8 Å². The van der Waals surface area contributed by atoms with Crippen LogP contribution in [0.1, 0.15) is 53.9 Å². The fourth-order valence-corrected chi connectivity index (χ4v) is 0.836. The van der Waals surface area contributed by atoms with Gasteiger partial charge in [0, 0.05) is 0 Å². The van der Waals surface area contributed by atoms with E-state index in [1.54, 1.807) is 27.7 Å². The number of hydrogen-bond acceptors (Lipinski definition) is 2. The van der Waals surface area contributed by atoms with Gasteiger partial charge in [-0.05, 0) is 33.1 Å². The van der Waals surface area contributed by atoms with Gasteiger partial charge < -0.3 is 10.2 Å². The van der Waals surface area contributed by atoms with Crippen LogP contribution in [0.3, 0.4) is 0 Å². The van der Waals surface area contributed by atoms with Gasteiger partial charge in [-0.15, -0.1) is 0 Å². The molecule has 0 saturated heterocycles. The van der Waals surface area contributed by atoms with E-state index in [9.17, 15) is 9.59 Å². The molecule has 18 heavy (non-hydrogen) atoms. The molecule has 2 N–H and O–H groups in total. The lowest BCUT2D eigenvalue weighted by Crippen LogP contribution is -2.22. The monoisotopic (exact) mass is 258 g/mol. The Labute approximate surface area is 110 Å². The molecular formula is C14H26O4. The van der Waals surface area contributed by atoms with Crippen molar-refractivity contribution in [2.75, 3.05) is 0 Å². The summed E-state index contributed by atoms with van der Waals surface area (Å²) < 4.78 is 0. The molecular weight excluding hydrogens is 232 g/mol. The van der Waals surface area contributed by atoms with Crippen molar-refractivity contribution in [2.24, 2.45) is 11.3 Å². The van der Waals surface area contributed by atoms with Crippen molar-refractivity contribution in [1.82, 2.24) is 0 Å². The second-order valence-corrected chi connectivity index (χ2v) is 5.10. The SMILES string of the molecule is CC(C)C(=O)O.CC/C=C\CCC(C)(C)C(=O)O. The summed E-state index contributed by atoms with van der Waals surface area (Å²) in [5.74, 6) is -1.69. The molecule has 0 spiro atoms. The first-order chi connectivity index (χ1) is 8.15. The lowest BCUT2D eigenvalue weighted by Gasteiger charge is -2.17. The molecule has 0 aromatic carbocycles. The third kappa shape index (κ3) is 11.2. The Balaban J connectivity index is 0. The molecule has 0 aliphatic heterocycles. The topological polar surface area (TPSA) is 74.6 Å². The first kappa shape index (κ1) is 19.0. The van der Waals surface area contributed by atoms with Gasteiger partial charge in [-0.3, -0.25) is 9.59 Å². The highest BCUT2D eigenvalue weighted by Gasteiger charge is 2.25. The zero-order valence-electron chi connectivity index (χ0n) is 12.1. The molecule has 4 heteroatoms. The number of aliphatic carboxylic acids is 2. The number of rotatable bonds is 6. The lowest BCUT2D eigenvalue weighted by atomic mass is 9.88. The molecule has 4 nitrogen and oxygen atoms in total. The largest absolute Gasteiger partial charge is 0.481 e. The van der Waals surface area contributed by atoms with E-state index in [-0.39, 0.29) is 5.92 Å². The maximum atomic E-state index is 10.7. The Morgan fingerprint density at radius 2 is 1.61 bits per heavy atom. The summed E-state index contributed by atoms with van der Waals surface area (Å²) in [4.78, 5) is 20.4. The Hall–Kier alpha value is -1.32. The van der Waals surface area contributed by atoms with Crippen LogP contribution in [0.2, 0.25) is 0 Å². The van der Waals surface area contributed by atoms with E-state index in [1.807, 2.05) is 6.08 Å². The van der Waals surface area contributed by atoms with Crippen LogP contribution in [0.15, 0.2) is 12.2 Å². The minimum Gasteiger partial charge on any atom is -0.481 e. The second kappa shape index (κ2) is 9.68. The van der Waals surface area contributed by atoms with Gasteiger partial charge in [0.25, 0.3) is 0 Å². The first-order valence-corrected chi connectivity index (χ1v) is 6.26. The molecule has 0 aliphatic rings. The van der Waals surface area contributed by atoms with E-state index in [4.69, 9.17) is 10.2 Å². The number of allylic oxidation sites excluding steroid dienone is 2. The van der Waals surface area contributed by atoms with E-state index >= 15 is 0 Å². The summed E-state index contributed by atoms with van der Waals surface area (Å²) in [7, 11) is 0. The molecule has 0 saturated carbocycles. The molecule has 0 heterocycles. The van der Waals surface area contributed by atoms with Gasteiger partial charge in [0.2, 0.25) is 0 Å². The molecule has 0 unspecified atom stereocenters. The average Bonchev–Trinajstić information content (AvgIpc) is 2.25. The smallest absolute Gasteiger partial charge is 0.309 e. The number of carboxylic acids is 2. The minimum absolute atomic E-state index is 0.231. The maximum Gasteiger partial charge on any atom is 0.309 e. The van der Waals surface area contributed by atoms with Crippen molar-refractivity contribution in [3.63, 3.8) is 0 Å². The summed E-state index contributed by atoms with van der Waals surface area (Å²) in [6.07, 6.45) is 6.70. The van der Waals surface area contributed by atoms with Crippen molar-refractivity contribution in [3.8, 4) is 0 Å². The van der Waals surface area contributed by atoms with E-state index in [2.05, 4.69) is 13.0 Å². The molecule has 0 atom stereocenters. The molecule has 0 rings (SSSR count). The average molecular weight is 258 g/mol. The van der Waals surface area contributed by atoms with Crippen LogP contribution >= 0.6 is 0 Å². The minimum atomic E-state index is -0.741. The molecule has 0 radical (unpaired) electrons. The normalized spacial score (nSPS) is 11.2. The summed E-state index contributed by atoms with van der Waals surface area (Å²) in [5, 5.41) is 16.8.